The average molecular weight is 724 g/mol. The molecule has 2 heterocycles. The lowest BCUT2D eigenvalue weighted by atomic mass is 9.97. The summed E-state index contributed by atoms with van der Waals surface area (Å²) in [5.41, 5.74) is 9.00. The third-order valence-corrected chi connectivity index (χ3v) is 13.6. The van der Waals surface area contributed by atoms with E-state index in [0.717, 1.165) is 88.1 Å². The van der Waals surface area contributed by atoms with Crippen LogP contribution in [0, 0.1) is 0 Å². The summed E-state index contributed by atoms with van der Waals surface area (Å²) in [6.45, 7) is 0. The van der Waals surface area contributed by atoms with Crippen LogP contribution in [-0.2, 0) is 4.57 Å². The highest BCUT2D eigenvalue weighted by molar-refractivity contribution is 7.85. The number of pyridine rings is 1. The molecule has 0 N–H and O–H groups in total. The second-order valence-corrected chi connectivity index (χ2v) is 16.5. The van der Waals surface area contributed by atoms with Crippen molar-refractivity contribution >= 4 is 55.8 Å². The summed E-state index contributed by atoms with van der Waals surface area (Å²) in [5, 5.41) is 5.70. The molecule has 0 saturated heterocycles. The second kappa shape index (κ2) is 13.5. The number of benzene rings is 8. The molecular formula is C50H34N3OP. The highest BCUT2D eigenvalue weighted by Gasteiger charge is 2.29. The van der Waals surface area contributed by atoms with E-state index in [2.05, 4.69) is 120 Å². The predicted molar refractivity (Wildman–Crippen MR) is 230 cm³/mol. The number of hydrogen-bond acceptors (Lipinski definition) is 3. The molecule has 0 bridgehead atoms. The average Bonchev–Trinajstić information content (AvgIpc) is 3.67. The quantitative estimate of drug-likeness (QED) is 0.121. The Morgan fingerprint density at radius 1 is 0.400 bits per heavy atom. The van der Waals surface area contributed by atoms with Crippen molar-refractivity contribution in [2.45, 2.75) is 0 Å². The van der Waals surface area contributed by atoms with Crippen molar-refractivity contribution in [1.82, 2.24) is 14.5 Å². The van der Waals surface area contributed by atoms with Crippen molar-refractivity contribution in [3.05, 3.63) is 206 Å². The Balaban J connectivity index is 1.11. The van der Waals surface area contributed by atoms with E-state index in [1.165, 1.54) is 0 Å². The Bertz CT molecular complexity index is 2970. The molecule has 0 aliphatic heterocycles. The van der Waals surface area contributed by atoms with Gasteiger partial charge in [0, 0.05) is 43.5 Å². The van der Waals surface area contributed by atoms with E-state index in [4.69, 9.17) is 9.97 Å². The monoisotopic (exact) mass is 723 g/mol. The fraction of sp³-hybridized carbons (Fsp3) is 0. The van der Waals surface area contributed by atoms with Gasteiger partial charge in [-0.25, -0.2) is 9.97 Å². The van der Waals surface area contributed by atoms with Crippen LogP contribution in [0.2, 0.25) is 0 Å². The van der Waals surface area contributed by atoms with Gasteiger partial charge in [-0.05, 0) is 40.8 Å². The van der Waals surface area contributed by atoms with Crippen molar-refractivity contribution in [2.75, 3.05) is 0 Å². The Kier molecular flexibility index (Phi) is 8.05. The Morgan fingerprint density at radius 3 is 1.55 bits per heavy atom. The molecule has 0 aliphatic rings. The largest absolute Gasteiger partial charge is 0.309 e. The van der Waals surface area contributed by atoms with Gasteiger partial charge in [0.1, 0.15) is 5.82 Å². The van der Waals surface area contributed by atoms with Crippen LogP contribution in [0.4, 0.5) is 0 Å². The van der Waals surface area contributed by atoms with Crippen LogP contribution in [-0.4, -0.2) is 14.5 Å². The number of hydrogen-bond donors (Lipinski definition) is 0. The summed E-state index contributed by atoms with van der Waals surface area (Å²) in [5.74, 6) is 0.885. The molecule has 10 rings (SSSR count). The summed E-state index contributed by atoms with van der Waals surface area (Å²) in [6, 6.07) is 70.0. The van der Waals surface area contributed by atoms with Gasteiger partial charge >= 0.3 is 0 Å². The van der Waals surface area contributed by atoms with Crippen LogP contribution in [0.15, 0.2) is 206 Å². The molecule has 0 saturated carbocycles. The minimum atomic E-state index is -3.06. The minimum absolute atomic E-state index is 0.811. The van der Waals surface area contributed by atoms with Crippen molar-refractivity contribution in [3.8, 4) is 39.5 Å². The highest BCUT2D eigenvalue weighted by atomic mass is 31.2. The summed E-state index contributed by atoms with van der Waals surface area (Å²) in [7, 11) is -3.06. The van der Waals surface area contributed by atoms with Gasteiger partial charge in [-0.3, -0.25) is 4.57 Å². The predicted octanol–water partition coefficient (Wildman–Crippen LogP) is 11.4. The SMILES string of the molecule is O=P(c1ccccc1)(c1ccccc1)c1ccc(-c2ccc(-c3nc4ccccc4c4ccc5c(nc(-c6ccccc6)n5-c5ccccc5)c34)cc2)cc1. The lowest BCUT2D eigenvalue weighted by Crippen LogP contribution is -2.24. The van der Waals surface area contributed by atoms with Crippen LogP contribution in [0.25, 0.3) is 72.2 Å². The molecule has 10 aromatic rings. The minimum Gasteiger partial charge on any atom is -0.309 e. The van der Waals surface area contributed by atoms with Gasteiger partial charge < -0.3 is 4.57 Å². The maximum Gasteiger partial charge on any atom is 0.171 e. The van der Waals surface area contributed by atoms with E-state index in [1.54, 1.807) is 0 Å². The van der Waals surface area contributed by atoms with E-state index in [9.17, 15) is 4.57 Å². The van der Waals surface area contributed by atoms with E-state index in [-0.39, 0.29) is 0 Å². The van der Waals surface area contributed by atoms with E-state index in [0.29, 0.717) is 0 Å². The van der Waals surface area contributed by atoms with E-state index in [1.807, 2.05) is 91.0 Å². The van der Waals surface area contributed by atoms with E-state index < -0.39 is 7.14 Å². The zero-order valence-corrected chi connectivity index (χ0v) is 30.7. The number of fused-ring (bicyclic) bond motifs is 5. The van der Waals surface area contributed by atoms with Crippen molar-refractivity contribution < 1.29 is 4.57 Å². The fourth-order valence-electron chi connectivity index (χ4n) is 7.82. The molecule has 0 spiro atoms. The number of nitrogens with zero attached hydrogens (tertiary/aromatic N) is 3. The molecule has 5 heteroatoms. The maximum absolute atomic E-state index is 14.9. The zero-order valence-electron chi connectivity index (χ0n) is 29.8. The van der Waals surface area contributed by atoms with Crippen molar-refractivity contribution in [3.63, 3.8) is 0 Å². The standard InChI is InChI=1S/C50H34N3OP/c54-55(40-19-9-3-10-20-40,41-21-11-4-12-22-41)42-31-29-36(30-32-42)35-25-27-37(28-26-35)48-47-44(43-23-13-14-24-45(43)51-48)33-34-46-49(47)52-50(38-15-5-1-6-16-38)53(46)39-17-7-2-8-18-39/h1-34H. The molecule has 0 aliphatic carbocycles. The first-order valence-electron chi connectivity index (χ1n) is 18.4. The Hall–Kier alpha value is -6.87. The first-order chi connectivity index (χ1) is 27.2. The molecule has 260 valence electrons. The Labute approximate surface area is 319 Å². The van der Waals surface area contributed by atoms with E-state index >= 15 is 0 Å². The van der Waals surface area contributed by atoms with Gasteiger partial charge in [-0.2, -0.15) is 0 Å². The summed E-state index contributed by atoms with van der Waals surface area (Å²) >= 11 is 0. The van der Waals surface area contributed by atoms with Crippen LogP contribution < -0.4 is 15.9 Å². The van der Waals surface area contributed by atoms with Gasteiger partial charge in [-0.1, -0.05) is 182 Å². The first kappa shape index (κ1) is 32.8. The molecule has 0 radical (unpaired) electrons. The number of imidazole rings is 1. The topological polar surface area (TPSA) is 47.8 Å². The first-order valence-corrected chi connectivity index (χ1v) is 20.1. The highest BCUT2D eigenvalue weighted by Crippen LogP contribution is 2.43. The molecule has 0 fully saturated rings. The molecular weight excluding hydrogens is 690 g/mol. The van der Waals surface area contributed by atoms with Crippen LogP contribution >= 0.6 is 7.14 Å². The van der Waals surface area contributed by atoms with Crippen LogP contribution in [0.5, 0.6) is 0 Å². The molecule has 0 amide bonds. The van der Waals surface area contributed by atoms with Crippen molar-refractivity contribution in [2.24, 2.45) is 0 Å². The molecule has 8 aromatic carbocycles. The molecule has 4 nitrogen and oxygen atoms in total. The van der Waals surface area contributed by atoms with Gasteiger partial charge in [-0.15, -0.1) is 0 Å². The Morgan fingerprint density at radius 2 is 0.909 bits per heavy atom. The number of aromatic nitrogens is 3. The summed E-state index contributed by atoms with van der Waals surface area (Å²) in [6.07, 6.45) is 0. The molecule has 0 atom stereocenters. The van der Waals surface area contributed by atoms with Crippen molar-refractivity contribution in [1.29, 1.82) is 0 Å². The van der Waals surface area contributed by atoms with Gasteiger partial charge in [0.05, 0.1) is 22.2 Å². The third kappa shape index (κ3) is 5.58. The van der Waals surface area contributed by atoms with Crippen LogP contribution in [0.1, 0.15) is 0 Å². The molecule has 0 unspecified atom stereocenters. The van der Waals surface area contributed by atoms with Crippen LogP contribution in [0.3, 0.4) is 0 Å². The number of rotatable bonds is 7. The zero-order chi connectivity index (χ0) is 36.8. The normalized spacial score (nSPS) is 11.7. The number of para-hydroxylation sites is 2. The van der Waals surface area contributed by atoms with Gasteiger partial charge in [0.25, 0.3) is 0 Å². The third-order valence-electron chi connectivity index (χ3n) is 10.5. The summed E-state index contributed by atoms with van der Waals surface area (Å²) < 4.78 is 17.2. The second-order valence-electron chi connectivity index (χ2n) is 13.7. The molecule has 2 aromatic heterocycles. The smallest absolute Gasteiger partial charge is 0.171 e. The van der Waals surface area contributed by atoms with Gasteiger partial charge in [0.15, 0.2) is 7.14 Å². The lowest BCUT2D eigenvalue weighted by molar-refractivity contribution is 0.592. The summed E-state index contributed by atoms with van der Waals surface area (Å²) in [4.78, 5) is 10.7. The lowest BCUT2D eigenvalue weighted by Gasteiger charge is -2.20. The molecule has 55 heavy (non-hydrogen) atoms. The maximum atomic E-state index is 14.9. The fourth-order valence-corrected chi connectivity index (χ4v) is 10.5. The van der Waals surface area contributed by atoms with Gasteiger partial charge in [0.2, 0.25) is 0 Å².